The highest BCUT2D eigenvalue weighted by Crippen LogP contribution is 2.28. The van der Waals surface area contributed by atoms with E-state index in [2.05, 4.69) is 31.9 Å². The maximum atomic E-state index is 11.3. The molecule has 0 fully saturated rings. The third-order valence-corrected chi connectivity index (χ3v) is 3.06. The van der Waals surface area contributed by atoms with Gasteiger partial charge >= 0.3 is 5.97 Å². The molecule has 1 rings (SSSR count). The predicted molar refractivity (Wildman–Crippen MR) is 72.1 cm³/mol. The monoisotopic (exact) mass is 379 g/mol. The van der Waals surface area contributed by atoms with Gasteiger partial charge in [-0.25, -0.2) is 4.79 Å². The molecule has 0 aliphatic heterocycles. The number of carbonyl (C=O) groups is 2. The smallest absolute Gasteiger partial charge is 0.344 e. The van der Waals surface area contributed by atoms with Crippen LogP contribution in [0, 0.1) is 0 Å². The lowest BCUT2D eigenvalue weighted by Crippen LogP contribution is -2.32. The van der Waals surface area contributed by atoms with Gasteiger partial charge in [0.2, 0.25) is 0 Å². The van der Waals surface area contributed by atoms with E-state index in [9.17, 15) is 9.59 Å². The Bertz CT molecular complexity index is 464. The van der Waals surface area contributed by atoms with Gasteiger partial charge in [0.1, 0.15) is 5.75 Å². The average Bonchev–Trinajstić information content (AvgIpc) is 2.27. The molecule has 0 spiro atoms. The molecule has 0 aliphatic carbocycles. The van der Waals surface area contributed by atoms with Crippen LogP contribution in [-0.4, -0.2) is 24.6 Å². The second-order valence-corrected chi connectivity index (χ2v) is 5.17. The highest BCUT2D eigenvalue weighted by atomic mass is 79.9. The number of esters is 1. The van der Waals surface area contributed by atoms with Crippen molar-refractivity contribution < 1.29 is 19.1 Å². The third-order valence-electron chi connectivity index (χ3n) is 1.95. The Morgan fingerprint density at radius 1 is 1.39 bits per heavy atom. The molecule has 0 radical (unpaired) electrons. The lowest BCUT2D eigenvalue weighted by atomic mass is 10.3. The molecule has 1 aromatic carbocycles. The summed E-state index contributed by atoms with van der Waals surface area (Å²) in [4.78, 5) is 22.0. The number of carbonyl (C=O) groups excluding carboxylic acids is 2. The van der Waals surface area contributed by atoms with Crippen molar-refractivity contribution in [3.63, 3.8) is 0 Å². The van der Waals surface area contributed by atoms with E-state index in [4.69, 9.17) is 15.2 Å². The van der Waals surface area contributed by atoms with Gasteiger partial charge < -0.3 is 15.2 Å². The van der Waals surface area contributed by atoms with Gasteiger partial charge in [0, 0.05) is 4.47 Å². The molecule has 1 atom stereocenters. The maximum absolute atomic E-state index is 11.3. The van der Waals surface area contributed by atoms with Crippen molar-refractivity contribution in [3.8, 4) is 5.75 Å². The van der Waals surface area contributed by atoms with Crippen LogP contribution in [0.1, 0.15) is 6.92 Å². The molecule has 98 valence electrons. The molecule has 1 aromatic rings. The van der Waals surface area contributed by atoms with E-state index in [1.165, 1.54) is 6.92 Å². The fourth-order valence-corrected chi connectivity index (χ4v) is 2.18. The molecular weight excluding hydrogens is 370 g/mol. The van der Waals surface area contributed by atoms with Gasteiger partial charge in [-0.2, -0.15) is 0 Å². The van der Waals surface area contributed by atoms with E-state index in [1.54, 1.807) is 18.2 Å². The van der Waals surface area contributed by atoms with Crippen molar-refractivity contribution >= 4 is 43.7 Å². The Hall–Kier alpha value is -1.08. The standard InChI is InChI=1S/C11H11Br2NO4/c1-6(11(14)16)18-10(15)5-17-9-3-2-7(12)4-8(9)13/h2-4,6H,5H2,1H3,(H2,14,16)/t6-/m0/s1. The zero-order valence-electron chi connectivity index (χ0n) is 9.48. The molecule has 2 N–H and O–H groups in total. The van der Waals surface area contributed by atoms with Crippen molar-refractivity contribution in [2.75, 3.05) is 6.61 Å². The Kier molecular flexibility index (Phi) is 5.61. The molecule has 18 heavy (non-hydrogen) atoms. The molecule has 5 nitrogen and oxygen atoms in total. The topological polar surface area (TPSA) is 78.6 Å². The van der Waals surface area contributed by atoms with Crippen LogP contribution >= 0.6 is 31.9 Å². The van der Waals surface area contributed by atoms with Gasteiger partial charge in [-0.15, -0.1) is 0 Å². The number of ether oxygens (including phenoxy) is 2. The average molecular weight is 381 g/mol. The highest BCUT2D eigenvalue weighted by Gasteiger charge is 2.15. The number of primary amides is 1. The summed E-state index contributed by atoms with van der Waals surface area (Å²) in [7, 11) is 0. The van der Waals surface area contributed by atoms with Crippen molar-refractivity contribution in [1.82, 2.24) is 0 Å². The SMILES string of the molecule is C[C@H](OC(=O)COc1ccc(Br)cc1Br)C(N)=O. The second-order valence-electron chi connectivity index (χ2n) is 3.40. The Labute approximate surface area is 121 Å². The number of halogens is 2. The van der Waals surface area contributed by atoms with Gasteiger partial charge in [-0.3, -0.25) is 4.79 Å². The lowest BCUT2D eigenvalue weighted by Gasteiger charge is -2.11. The number of hydrogen-bond donors (Lipinski definition) is 1. The molecule has 0 aromatic heterocycles. The van der Waals surface area contributed by atoms with Crippen molar-refractivity contribution in [3.05, 3.63) is 27.1 Å². The summed E-state index contributed by atoms with van der Waals surface area (Å²) in [5.74, 6) is -0.855. The molecule has 0 bridgehead atoms. The Morgan fingerprint density at radius 3 is 2.61 bits per heavy atom. The van der Waals surface area contributed by atoms with Gasteiger partial charge in [0.25, 0.3) is 5.91 Å². The first kappa shape index (κ1) is 15.0. The van der Waals surface area contributed by atoms with E-state index in [0.717, 1.165) is 4.47 Å². The minimum absolute atomic E-state index is 0.294. The van der Waals surface area contributed by atoms with Crippen LogP contribution in [0.25, 0.3) is 0 Å². The van der Waals surface area contributed by atoms with E-state index in [-0.39, 0.29) is 6.61 Å². The molecule has 0 saturated carbocycles. The molecule has 0 heterocycles. The summed E-state index contributed by atoms with van der Waals surface area (Å²) < 4.78 is 11.6. The van der Waals surface area contributed by atoms with Crippen molar-refractivity contribution in [2.45, 2.75) is 13.0 Å². The van der Waals surface area contributed by atoms with Crippen LogP contribution < -0.4 is 10.5 Å². The van der Waals surface area contributed by atoms with Gasteiger partial charge in [-0.1, -0.05) is 15.9 Å². The first-order valence-corrected chi connectivity index (χ1v) is 6.55. The molecular formula is C11H11Br2NO4. The predicted octanol–water partition coefficient (Wildman–Crippen LogP) is 2.01. The molecule has 0 aliphatic rings. The van der Waals surface area contributed by atoms with Crippen LogP contribution in [0.3, 0.4) is 0 Å². The molecule has 0 saturated heterocycles. The molecule has 1 amide bonds. The molecule has 0 unspecified atom stereocenters. The summed E-state index contributed by atoms with van der Waals surface area (Å²) >= 11 is 6.59. The van der Waals surface area contributed by atoms with Gasteiger partial charge in [-0.05, 0) is 41.1 Å². The zero-order valence-corrected chi connectivity index (χ0v) is 12.7. The Balaban J connectivity index is 2.50. The molecule has 7 heteroatoms. The number of amides is 1. The fraction of sp³-hybridized carbons (Fsp3) is 0.273. The fourth-order valence-electron chi connectivity index (χ4n) is 1.02. The summed E-state index contributed by atoms with van der Waals surface area (Å²) in [5, 5.41) is 0. The van der Waals surface area contributed by atoms with Crippen LogP contribution in [-0.2, 0) is 14.3 Å². The number of hydrogen-bond acceptors (Lipinski definition) is 4. The van der Waals surface area contributed by atoms with Crippen LogP contribution in [0.2, 0.25) is 0 Å². The van der Waals surface area contributed by atoms with Crippen LogP contribution in [0.15, 0.2) is 27.1 Å². The van der Waals surface area contributed by atoms with Crippen molar-refractivity contribution in [1.29, 1.82) is 0 Å². The Morgan fingerprint density at radius 2 is 2.06 bits per heavy atom. The maximum Gasteiger partial charge on any atom is 0.344 e. The highest BCUT2D eigenvalue weighted by molar-refractivity contribution is 9.11. The summed E-state index contributed by atoms with van der Waals surface area (Å²) in [6, 6.07) is 5.25. The number of nitrogens with two attached hydrogens (primary N) is 1. The van der Waals surface area contributed by atoms with Crippen LogP contribution in [0.5, 0.6) is 5.75 Å². The summed E-state index contributed by atoms with van der Waals surface area (Å²) in [5.41, 5.74) is 4.96. The third kappa shape index (κ3) is 4.66. The minimum Gasteiger partial charge on any atom is -0.481 e. The largest absolute Gasteiger partial charge is 0.481 e. The lowest BCUT2D eigenvalue weighted by molar-refractivity contribution is -0.155. The van der Waals surface area contributed by atoms with Gasteiger partial charge in [0.15, 0.2) is 12.7 Å². The van der Waals surface area contributed by atoms with E-state index in [1.807, 2.05) is 0 Å². The number of benzene rings is 1. The van der Waals surface area contributed by atoms with Crippen LogP contribution in [0.4, 0.5) is 0 Å². The van der Waals surface area contributed by atoms with E-state index >= 15 is 0 Å². The summed E-state index contributed by atoms with van der Waals surface area (Å²) in [6.45, 7) is 1.10. The number of rotatable bonds is 5. The normalized spacial score (nSPS) is 11.7. The first-order valence-electron chi connectivity index (χ1n) is 4.97. The quantitative estimate of drug-likeness (QED) is 0.792. The van der Waals surface area contributed by atoms with Crippen molar-refractivity contribution in [2.24, 2.45) is 5.73 Å². The zero-order chi connectivity index (χ0) is 13.7. The van der Waals surface area contributed by atoms with Gasteiger partial charge in [0.05, 0.1) is 4.47 Å². The van der Waals surface area contributed by atoms with E-state index in [0.29, 0.717) is 10.2 Å². The van der Waals surface area contributed by atoms with E-state index < -0.39 is 18.0 Å². The second kappa shape index (κ2) is 6.75. The minimum atomic E-state index is -0.963. The first-order chi connectivity index (χ1) is 8.40. The summed E-state index contributed by atoms with van der Waals surface area (Å²) in [6.07, 6.45) is -0.963.